The number of fused-ring (bicyclic) bond motifs is 12. The Morgan fingerprint density at radius 1 is 0.115 bits per heavy atom. The third-order valence-electron chi connectivity index (χ3n) is 22.1. The van der Waals surface area contributed by atoms with Crippen LogP contribution in [0, 0.1) is 0 Å². The van der Waals surface area contributed by atoms with E-state index in [-0.39, 0.29) is 0 Å². The van der Waals surface area contributed by atoms with Gasteiger partial charge in [0, 0.05) is 0 Å². The molecule has 0 fully saturated rings. The van der Waals surface area contributed by atoms with Gasteiger partial charge in [0.05, 0.1) is 79.3 Å². The molecule has 12 nitrogen and oxygen atoms in total. The van der Waals surface area contributed by atoms with Crippen molar-refractivity contribution in [2.75, 3.05) is 79.3 Å². The van der Waals surface area contributed by atoms with Crippen molar-refractivity contribution in [3.8, 4) is 69.0 Å². The van der Waals surface area contributed by atoms with Crippen LogP contribution in [0.1, 0.15) is 345 Å². The van der Waals surface area contributed by atoms with Crippen LogP contribution in [0.15, 0.2) is 72.8 Å². The van der Waals surface area contributed by atoms with Gasteiger partial charge >= 0.3 is 0 Å². The third-order valence-corrected chi connectivity index (χ3v) is 22.1. The third kappa shape index (κ3) is 29.9. The molecule has 0 spiro atoms. The maximum Gasteiger partial charge on any atom is 0.161 e. The van der Waals surface area contributed by atoms with Gasteiger partial charge in [-0.2, -0.15) is 0 Å². The summed E-state index contributed by atoms with van der Waals surface area (Å²) in [6.45, 7) is 29.8. The Morgan fingerprint density at radius 3 is 0.274 bits per heavy atom. The molecule has 0 aromatic heterocycles. The molecule has 0 radical (unpaired) electrons. The normalized spacial score (nSPS) is 11.6. The van der Waals surface area contributed by atoms with Crippen LogP contribution in [-0.4, -0.2) is 79.3 Å². The minimum absolute atomic E-state index is 0.505. The van der Waals surface area contributed by atoms with Gasteiger partial charge in [0.25, 0.3) is 0 Å². The van der Waals surface area contributed by atoms with Crippen molar-refractivity contribution in [1.29, 1.82) is 0 Å². The predicted octanol–water partition coefficient (Wildman–Crippen LogP) is 30.8. The lowest BCUT2D eigenvalue weighted by Crippen LogP contribution is -2.06. The Bertz CT molecular complexity index is 3600. The van der Waals surface area contributed by atoms with E-state index in [1.165, 1.54) is 116 Å². The Morgan fingerprint density at radius 2 is 0.195 bits per heavy atom. The van der Waals surface area contributed by atoms with Gasteiger partial charge < -0.3 is 56.8 Å². The summed E-state index contributed by atoms with van der Waals surface area (Å²) in [6, 6.07) is 26.9. The topological polar surface area (TPSA) is 111 Å². The van der Waals surface area contributed by atoms with E-state index in [4.69, 9.17) is 56.8 Å². The largest absolute Gasteiger partial charge is 0.490 e. The molecular weight excluding hydrogens is 1410 g/mol. The van der Waals surface area contributed by atoms with Crippen molar-refractivity contribution in [3.05, 3.63) is 72.8 Å². The van der Waals surface area contributed by atoms with E-state index in [2.05, 4.69) is 142 Å². The van der Waals surface area contributed by atoms with E-state index in [1.807, 2.05) is 0 Å². The molecule has 0 bridgehead atoms. The fourth-order valence-electron chi connectivity index (χ4n) is 15.2. The summed E-state index contributed by atoms with van der Waals surface area (Å²) in [7, 11) is 0. The number of ether oxygens (including phenoxy) is 12. The molecule has 0 atom stereocenters. The van der Waals surface area contributed by atoms with E-state index in [0.717, 1.165) is 294 Å². The van der Waals surface area contributed by atoms with Gasteiger partial charge in [0.2, 0.25) is 0 Å². The zero-order valence-electron chi connectivity index (χ0n) is 72.7. The van der Waals surface area contributed by atoms with Gasteiger partial charge in [0.1, 0.15) is 0 Å². The summed E-state index contributed by atoms with van der Waals surface area (Å²) in [5, 5.41) is 12.9. The van der Waals surface area contributed by atoms with Crippen LogP contribution in [0.5, 0.6) is 69.0 Å². The van der Waals surface area contributed by atoms with Gasteiger partial charge in [-0.1, -0.05) is 262 Å². The van der Waals surface area contributed by atoms with Crippen LogP contribution in [0.4, 0.5) is 0 Å². The molecule has 0 amide bonds. The lowest BCUT2D eigenvalue weighted by Gasteiger charge is -2.21. The lowest BCUT2D eigenvalue weighted by molar-refractivity contribution is 0.246. The first-order valence-corrected chi connectivity index (χ1v) is 46.4. The fraction of sp³-hybridized carbons (Fsp3) is 0.644. The number of rotatable bonds is 68. The van der Waals surface area contributed by atoms with E-state index in [0.29, 0.717) is 79.3 Å². The van der Waals surface area contributed by atoms with Crippen LogP contribution in [0.2, 0.25) is 0 Å². The van der Waals surface area contributed by atoms with Gasteiger partial charge in [-0.05, 0) is 221 Å². The van der Waals surface area contributed by atoms with E-state index in [9.17, 15) is 0 Å². The highest BCUT2D eigenvalue weighted by Gasteiger charge is 2.24. The molecule has 8 aromatic rings. The van der Waals surface area contributed by atoms with Gasteiger partial charge in [-0.25, -0.2) is 0 Å². The zero-order valence-corrected chi connectivity index (χ0v) is 72.7. The average Bonchev–Trinajstić information content (AvgIpc) is 0.732. The van der Waals surface area contributed by atoms with E-state index in [1.54, 1.807) is 0 Å². The summed E-state index contributed by atoms with van der Waals surface area (Å²) in [5.41, 5.74) is 0. The quantitative estimate of drug-likeness (QED) is 0.0267. The second-order valence-corrected chi connectivity index (χ2v) is 31.9. The monoisotopic (exact) mass is 1560 g/mol. The molecule has 8 aromatic carbocycles. The van der Waals surface area contributed by atoms with Crippen molar-refractivity contribution >= 4 is 64.6 Å². The van der Waals surface area contributed by atoms with E-state index < -0.39 is 0 Å². The van der Waals surface area contributed by atoms with Crippen molar-refractivity contribution < 1.29 is 56.8 Å². The predicted molar refractivity (Wildman–Crippen MR) is 479 cm³/mol. The van der Waals surface area contributed by atoms with Gasteiger partial charge in [-0.3, -0.25) is 0 Å². The first-order chi connectivity index (χ1) is 55.8. The summed E-state index contributed by atoms with van der Waals surface area (Å²) in [5.74, 6) is 9.26. The van der Waals surface area contributed by atoms with Crippen molar-refractivity contribution in [3.63, 3.8) is 0 Å². The molecule has 0 aliphatic heterocycles. The first-order valence-electron chi connectivity index (χ1n) is 46.4. The van der Waals surface area contributed by atoms with Gasteiger partial charge in [0.15, 0.2) is 69.0 Å². The molecule has 0 aliphatic carbocycles. The summed E-state index contributed by atoms with van der Waals surface area (Å²) in [6.07, 6.45) is 47.1. The summed E-state index contributed by atoms with van der Waals surface area (Å²) < 4.78 is 82.5. The van der Waals surface area contributed by atoms with Crippen LogP contribution < -0.4 is 56.8 Å². The van der Waals surface area contributed by atoms with Crippen molar-refractivity contribution in [2.24, 2.45) is 0 Å². The Balaban J connectivity index is 1.18. The number of benzene rings is 8. The van der Waals surface area contributed by atoms with Crippen LogP contribution in [0.25, 0.3) is 64.6 Å². The Labute approximate surface area is 684 Å². The van der Waals surface area contributed by atoms with Crippen LogP contribution >= 0.6 is 0 Å². The second-order valence-electron chi connectivity index (χ2n) is 31.9. The standard InChI is InChI=1S/C101H152O12/c1-11-21-31-42-54-102-90-66-78-80-68-92(104-56-44-33-23-13-3)96(108-60-48-37-27-17-7)72-84(80)88-76-100(98(110-62-50-39-29-19-9)74-86(88)82(78)70-94(90)106-58-46-35-25-15-5)112-64-52-41-53-65-113-101-77-89-85-73-97(109-61-49-38-28-18-8)93(105-57-45-34-24-14-4)69-81(85)79-67-91(103-55-43-32-22-12-2)95(107-59-47-36-26-16-6)71-83(79)87(89)75-99(101)111-63-51-40-30-20-10/h66-77H,11-65H2,1-10H3. The molecule has 0 aliphatic rings. The molecule has 0 saturated heterocycles. The molecule has 12 heteroatoms. The lowest BCUT2D eigenvalue weighted by atomic mass is 9.93. The fourth-order valence-corrected chi connectivity index (χ4v) is 15.2. The van der Waals surface area contributed by atoms with Crippen molar-refractivity contribution in [1.82, 2.24) is 0 Å². The van der Waals surface area contributed by atoms with E-state index >= 15 is 0 Å². The molecule has 0 saturated carbocycles. The summed E-state index contributed by atoms with van der Waals surface area (Å²) >= 11 is 0. The Kier molecular flexibility index (Phi) is 44.3. The zero-order chi connectivity index (χ0) is 79.7. The highest BCUT2D eigenvalue weighted by atomic mass is 16.5. The maximum atomic E-state index is 7.07. The smallest absolute Gasteiger partial charge is 0.161 e. The highest BCUT2D eigenvalue weighted by Crippen LogP contribution is 2.50. The molecule has 8 rings (SSSR count). The number of unbranched alkanes of at least 4 members (excludes halogenated alkanes) is 32. The SMILES string of the molecule is CCCCCCOc1cc2c3cc(OCCCCCC)c(OCCCCCC)cc3c3cc(OCCCCCOc4cc5c6cc(OCCCCCC)c(OCCCCCC)cc6c6cc(OCCCCCC)c(OCCCCCC)cc6c5cc4OCCCCCC)c(OCCCCCC)cc3c2cc1OCCCCCC. The minimum Gasteiger partial charge on any atom is -0.490 e. The molecule has 628 valence electrons. The molecular formula is C101H152O12. The molecule has 0 heterocycles. The minimum atomic E-state index is 0.505. The van der Waals surface area contributed by atoms with Crippen LogP contribution in [0.3, 0.4) is 0 Å². The molecule has 0 unspecified atom stereocenters. The number of hydrogen-bond acceptors (Lipinski definition) is 12. The van der Waals surface area contributed by atoms with Gasteiger partial charge in [-0.15, -0.1) is 0 Å². The van der Waals surface area contributed by atoms with Crippen LogP contribution in [-0.2, 0) is 0 Å². The first kappa shape index (κ1) is 91.4. The summed E-state index contributed by atoms with van der Waals surface area (Å²) in [4.78, 5) is 0. The molecule has 113 heavy (non-hydrogen) atoms. The molecule has 0 N–H and O–H groups in total. The average molecular weight is 1560 g/mol. The Hall–Kier alpha value is -7.08. The maximum absolute atomic E-state index is 7.07. The van der Waals surface area contributed by atoms with Crippen molar-refractivity contribution in [2.45, 2.75) is 345 Å². The highest BCUT2D eigenvalue weighted by molar-refractivity contribution is 6.28. The second kappa shape index (κ2) is 54.7. The number of hydrogen-bond donors (Lipinski definition) is 0.